The summed E-state index contributed by atoms with van der Waals surface area (Å²) < 4.78 is 5.79. The molecule has 0 spiro atoms. The van der Waals surface area contributed by atoms with Crippen LogP contribution in [0, 0.1) is 0 Å². The lowest BCUT2D eigenvalue weighted by Crippen LogP contribution is -2.47. The molecule has 0 saturated carbocycles. The number of aromatic nitrogens is 1. The van der Waals surface area contributed by atoms with Gasteiger partial charge in [-0.25, -0.2) is 4.98 Å². The Morgan fingerprint density at radius 1 is 0.938 bits per heavy atom. The van der Waals surface area contributed by atoms with Gasteiger partial charge < -0.3 is 30.2 Å². The Bertz CT molecular complexity index is 1350. The molecule has 1 aliphatic rings. The first-order valence-corrected chi connectivity index (χ1v) is 10.3. The number of nitrogens with zero attached hydrogens (tertiary/aromatic N) is 3. The number of benzene rings is 2. The minimum absolute atomic E-state index is 0.0296. The molecular weight excluding hydrogens is 408 g/mol. The lowest BCUT2D eigenvalue weighted by molar-refractivity contribution is 0.452. The molecule has 8 heteroatoms. The van der Waals surface area contributed by atoms with Crippen molar-refractivity contribution in [2.45, 2.75) is 0 Å². The highest BCUT2D eigenvalue weighted by atomic mass is 16.3. The molecule has 32 heavy (non-hydrogen) atoms. The Morgan fingerprint density at radius 3 is 2.44 bits per heavy atom. The maximum absolute atomic E-state index is 12.5. The molecule has 3 heterocycles. The third kappa shape index (κ3) is 3.56. The number of nitrogen functional groups attached to an aromatic ring is 1. The number of nitrogens with two attached hydrogens (primary N) is 1. The van der Waals surface area contributed by atoms with Crippen LogP contribution in [0.1, 0.15) is 0 Å². The highest BCUT2D eigenvalue weighted by Crippen LogP contribution is 2.33. The number of fused-ring (bicyclic) bond motifs is 1. The summed E-state index contributed by atoms with van der Waals surface area (Å²) >= 11 is 0. The standard InChI is InChI=1S/C24H22N4O4/c25-17-11-15(21-14-20(31)24-19(30)12-16(29)13-22(24)32-21)4-5-18(17)27-7-9-28(10-8-27)23-3-1-2-6-26-23/h1-6,11-14,29-30H,7-10,25H2. The molecule has 0 bridgehead atoms. The van der Waals surface area contributed by atoms with E-state index in [-0.39, 0.29) is 22.5 Å². The third-order valence-electron chi connectivity index (χ3n) is 5.70. The smallest absolute Gasteiger partial charge is 0.197 e. The van der Waals surface area contributed by atoms with E-state index in [0.29, 0.717) is 17.0 Å². The Morgan fingerprint density at radius 2 is 1.72 bits per heavy atom. The summed E-state index contributed by atoms with van der Waals surface area (Å²) in [4.78, 5) is 21.4. The van der Waals surface area contributed by atoms with Crippen LogP contribution in [-0.2, 0) is 0 Å². The van der Waals surface area contributed by atoms with E-state index >= 15 is 0 Å². The van der Waals surface area contributed by atoms with Gasteiger partial charge in [0, 0.05) is 56.1 Å². The van der Waals surface area contributed by atoms with E-state index in [1.165, 1.54) is 12.1 Å². The molecule has 5 rings (SSSR count). The number of phenolic OH excluding ortho intramolecular Hbond substituents is 2. The molecule has 0 aliphatic carbocycles. The minimum Gasteiger partial charge on any atom is -0.508 e. The van der Waals surface area contributed by atoms with Crippen LogP contribution in [-0.4, -0.2) is 41.4 Å². The SMILES string of the molecule is Nc1cc(-c2cc(=O)c3c(O)cc(O)cc3o2)ccc1N1CCN(c2ccccn2)CC1. The van der Waals surface area contributed by atoms with Crippen LogP contribution >= 0.6 is 0 Å². The second kappa shape index (κ2) is 7.81. The Labute approximate surface area is 183 Å². The molecule has 4 N–H and O–H groups in total. The van der Waals surface area contributed by atoms with Crippen LogP contribution in [0.15, 0.2) is 70.0 Å². The molecule has 8 nitrogen and oxygen atoms in total. The van der Waals surface area contributed by atoms with Crippen molar-refractivity contribution < 1.29 is 14.6 Å². The number of pyridine rings is 1. The lowest BCUT2D eigenvalue weighted by atomic mass is 10.1. The van der Waals surface area contributed by atoms with Crippen molar-refractivity contribution in [2.24, 2.45) is 0 Å². The summed E-state index contributed by atoms with van der Waals surface area (Å²) in [6.45, 7) is 3.29. The molecule has 2 aromatic heterocycles. The van der Waals surface area contributed by atoms with Gasteiger partial charge in [-0.05, 0) is 30.3 Å². The monoisotopic (exact) mass is 430 g/mol. The molecule has 162 valence electrons. The molecular formula is C24H22N4O4. The molecule has 4 aromatic rings. The fraction of sp³-hybridized carbons (Fsp3) is 0.167. The van der Waals surface area contributed by atoms with Crippen LogP contribution in [0.5, 0.6) is 11.5 Å². The van der Waals surface area contributed by atoms with Gasteiger partial charge in [0.25, 0.3) is 0 Å². The van der Waals surface area contributed by atoms with Gasteiger partial charge in [-0.2, -0.15) is 0 Å². The maximum Gasteiger partial charge on any atom is 0.197 e. The van der Waals surface area contributed by atoms with Crippen molar-refractivity contribution in [3.05, 3.63) is 71.0 Å². The molecule has 0 amide bonds. The van der Waals surface area contributed by atoms with E-state index in [2.05, 4.69) is 14.8 Å². The van der Waals surface area contributed by atoms with Crippen molar-refractivity contribution in [3.63, 3.8) is 0 Å². The largest absolute Gasteiger partial charge is 0.508 e. The zero-order valence-corrected chi connectivity index (χ0v) is 17.2. The number of hydrogen-bond acceptors (Lipinski definition) is 8. The van der Waals surface area contributed by atoms with Crippen molar-refractivity contribution in [1.82, 2.24) is 4.98 Å². The highest BCUT2D eigenvalue weighted by Gasteiger charge is 2.20. The zero-order valence-electron chi connectivity index (χ0n) is 17.2. The van der Waals surface area contributed by atoms with Gasteiger partial charge in [0.1, 0.15) is 34.0 Å². The summed E-state index contributed by atoms with van der Waals surface area (Å²) in [6.07, 6.45) is 1.80. The van der Waals surface area contributed by atoms with Crippen molar-refractivity contribution in [1.29, 1.82) is 0 Å². The number of phenols is 2. The molecule has 1 saturated heterocycles. The predicted molar refractivity (Wildman–Crippen MR) is 124 cm³/mol. The normalized spacial score (nSPS) is 14.1. The number of aromatic hydroxyl groups is 2. The molecule has 0 atom stereocenters. The summed E-state index contributed by atoms with van der Waals surface area (Å²) in [7, 11) is 0. The van der Waals surface area contributed by atoms with Crippen molar-refractivity contribution >= 4 is 28.2 Å². The first kappa shape index (κ1) is 19.7. The molecule has 0 unspecified atom stereocenters. The fourth-order valence-electron chi connectivity index (χ4n) is 4.11. The average molecular weight is 430 g/mol. The molecule has 1 fully saturated rings. The fourth-order valence-corrected chi connectivity index (χ4v) is 4.11. The zero-order chi connectivity index (χ0) is 22.2. The van der Waals surface area contributed by atoms with E-state index in [9.17, 15) is 15.0 Å². The maximum atomic E-state index is 12.5. The minimum atomic E-state index is -0.396. The van der Waals surface area contributed by atoms with Crippen molar-refractivity contribution in [2.75, 3.05) is 41.7 Å². The second-order valence-electron chi connectivity index (χ2n) is 7.75. The number of piperazine rings is 1. The van der Waals surface area contributed by atoms with E-state index < -0.39 is 5.43 Å². The summed E-state index contributed by atoms with van der Waals surface area (Å²) in [5, 5.41) is 19.7. The van der Waals surface area contributed by atoms with E-state index in [1.54, 1.807) is 12.3 Å². The molecule has 0 radical (unpaired) electrons. The van der Waals surface area contributed by atoms with Gasteiger partial charge in [-0.1, -0.05) is 6.07 Å². The lowest BCUT2D eigenvalue weighted by Gasteiger charge is -2.37. The Hall–Kier alpha value is -4.20. The number of anilines is 3. The summed E-state index contributed by atoms with van der Waals surface area (Å²) in [5.74, 6) is 0.777. The summed E-state index contributed by atoms with van der Waals surface area (Å²) in [5.41, 5.74) is 8.22. The number of hydrogen-bond donors (Lipinski definition) is 3. The van der Waals surface area contributed by atoms with Crippen LogP contribution in [0.4, 0.5) is 17.2 Å². The highest BCUT2D eigenvalue weighted by molar-refractivity contribution is 5.86. The van der Waals surface area contributed by atoms with Gasteiger partial charge in [0.15, 0.2) is 5.43 Å². The third-order valence-corrected chi connectivity index (χ3v) is 5.70. The van der Waals surface area contributed by atoms with Crippen LogP contribution in [0.25, 0.3) is 22.3 Å². The Kier molecular flexibility index (Phi) is 4.82. The van der Waals surface area contributed by atoms with E-state index in [1.807, 2.05) is 30.3 Å². The van der Waals surface area contributed by atoms with Crippen LogP contribution in [0.3, 0.4) is 0 Å². The van der Waals surface area contributed by atoms with Crippen LogP contribution in [0.2, 0.25) is 0 Å². The van der Waals surface area contributed by atoms with Crippen LogP contribution < -0.4 is 21.0 Å². The quantitative estimate of drug-likeness (QED) is 0.425. The van der Waals surface area contributed by atoms with Crippen molar-refractivity contribution in [3.8, 4) is 22.8 Å². The first-order valence-electron chi connectivity index (χ1n) is 10.3. The van der Waals surface area contributed by atoms with Gasteiger partial charge in [-0.3, -0.25) is 4.79 Å². The molecule has 2 aromatic carbocycles. The Balaban J connectivity index is 1.40. The van der Waals surface area contributed by atoms with E-state index in [0.717, 1.165) is 43.8 Å². The van der Waals surface area contributed by atoms with Gasteiger partial charge in [0.05, 0.1) is 11.4 Å². The average Bonchev–Trinajstić information content (AvgIpc) is 2.79. The summed E-state index contributed by atoms with van der Waals surface area (Å²) in [6, 6.07) is 15.2. The first-order chi connectivity index (χ1) is 15.5. The topological polar surface area (TPSA) is 116 Å². The molecule has 1 aliphatic heterocycles. The number of rotatable bonds is 3. The van der Waals surface area contributed by atoms with Gasteiger partial charge in [0.2, 0.25) is 0 Å². The van der Waals surface area contributed by atoms with Gasteiger partial charge >= 0.3 is 0 Å². The van der Waals surface area contributed by atoms with Gasteiger partial charge in [-0.15, -0.1) is 0 Å². The second-order valence-corrected chi connectivity index (χ2v) is 7.75. The van der Waals surface area contributed by atoms with E-state index in [4.69, 9.17) is 10.2 Å². The predicted octanol–water partition coefficient (Wildman–Crippen LogP) is 3.18.